The van der Waals surface area contributed by atoms with E-state index in [9.17, 15) is 9.59 Å². The van der Waals surface area contributed by atoms with Crippen LogP contribution in [-0.4, -0.2) is 35.3 Å². The highest BCUT2D eigenvalue weighted by Crippen LogP contribution is 2.22. The Morgan fingerprint density at radius 1 is 1.26 bits per heavy atom. The molecule has 0 saturated carbocycles. The first-order valence-electron chi connectivity index (χ1n) is 7.45. The number of carbonyl (C=O) groups is 2. The van der Waals surface area contributed by atoms with Gasteiger partial charge in [-0.05, 0) is 24.7 Å². The van der Waals surface area contributed by atoms with Gasteiger partial charge in [0.05, 0.1) is 12.5 Å². The number of likely N-dealkylation sites (tertiary alicyclic amines) is 1. The van der Waals surface area contributed by atoms with E-state index < -0.39 is 0 Å². The van der Waals surface area contributed by atoms with Gasteiger partial charge in [-0.15, -0.1) is 0 Å². The molecule has 0 aromatic carbocycles. The van der Waals surface area contributed by atoms with Crippen molar-refractivity contribution in [3.8, 4) is 0 Å². The van der Waals surface area contributed by atoms with Crippen LogP contribution in [0.2, 0.25) is 0 Å². The predicted molar refractivity (Wildman–Crippen MR) is 76.7 cm³/mol. The lowest BCUT2D eigenvalue weighted by Gasteiger charge is -2.26. The number of hydrogen-bond donors (Lipinski definition) is 1. The molecular formula is C15H28N2O2. The smallest absolute Gasteiger partial charge is 0.247 e. The lowest BCUT2D eigenvalue weighted by atomic mass is 9.90. The maximum Gasteiger partial charge on any atom is 0.247 e. The summed E-state index contributed by atoms with van der Waals surface area (Å²) in [7, 11) is 0. The van der Waals surface area contributed by atoms with Crippen LogP contribution in [0.3, 0.4) is 0 Å². The molecule has 110 valence electrons. The number of hydrogen-bond acceptors (Lipinski definition) is 3. The molecule has 1 aliphatic rings. The van der Waals surface area contributed by atoms with E-state index in [2.05, 4.69) is 26.1 Å². The Morgan fingerprint density at radius 3 is 2.32 bits per heavy atom. The van der Waals surface area contributed by atoms with E-state index in [0.717, 1.165) is 25.8 Å². The third-order valence-corrected chi connectivity index (χ3v) is 4.27. The van der Waals surface area contributed by atoms with Crippen LogP contribution in [0, 0.1) is 5.41 Å². The molecule has 1 fully saturated rings. The molecule has 1 atom stereocenters. The Labute approximate surface area is 116 Å². The molecule has 0 aromatic heterocycles. The van der Waals surface area contributed by atoms with Crippen molar-refractivity contribution in [3.05, 3.63) is 0 Å². The molecule has 1 heterocycles. The van der Waals surface area contributed by atoms with Gasteiger partial charge in [-0.25, -0.2) is 0 Å². The van der Waals surface area contributed by atoms with Crippen LogP contribution in [0.1, 0.15) is 60.3 Å². The Bertz CT molecular complexity index is 335. The van der Waals surface area contributed by atoms with E-state index in [4.69, 9.17) is 0 Å². The second-order valence-corrected chi connectivity index (χ2v) is 6.23. The maximum atomic E-state index is 12.3. The Kier molecular flexibility index (Phi) is 5.53. The minimum absolute atomic E-state index is 0.0227. The fraction of sp³-hybridized carbons (Fsp3) is 0.867. The molecule has 1 N–H and O–H groups in total. The van der Waals surface area contributed by atoms with E-state index in [1.165, 1.54) is 4.90 Å². The first kappa shape index (κ1) is 16.2. The van der Waals surface area contributed by atoms with Crippen molar-refractivity contribution in [1.82, 2.24) is 10.2 Å². The molecule has 1 unspecified atom stereocenters. The summed E-state index contributed by atoms with van der Waals surface area (Å²) in [4.78, 5) is 25.8. The van der Waals surface area contributed by atoms with E-state index in [1.54, 1.807) is 0 Å². The van der Waals surface area contributed by atoms with Gasteiger partial charge in [-0.3, -0.25) is 14.5 Å². The highest BCUT2D eigenvalue weighted by molar-refractivity contribution is 6.05. The van der Waals surface area contributed by atoms with Crippen molar-refractivity contribution < 1.29 is 9.59 Å². The quantitative estimate of drug-likeness (QED) is 0.721. The first-order chi connectivity index (χ1) is 8.86. The zero-order chi connectivity index (χ0) is 14.6. The van der Waals surface area contributed by atoms with E-state index in [-0.39, 0.29) is 29.3 Å². The van der Waals surface area contributed by atoms with Crippen LogP contribution in [0.4, 0.5) is 0 Å². The summed E-state index contributed by atoms with van der Waals surface area (Å²) in [5.74, 6) is -0.0592. The number of nitrogens with zero attached hydrogens (tertiary/aromatic N) is 1. The average Bonchev–Trinajstić information content (AvgIpc) is 2.66. The van der Waals surface area contributed by atoms with Crippen molar-refractivity contribution in [3.63, 3.8) is 0 Å². The van der Waals surface area contributed by atoms with Gasteiger partial charge in [-0.2, -0.15) is 0 Å². The van der Waals surface area contributed by atoms with Gasteiger partial charge in [0.1, 0.15) is 0 Å². The molecule has 19 heavy (non-hydrogen) atoms. The van der Waals surface area contributed by atoms with Gasteiger partial charge in [0.15, 0.2) is 0 Å². The van der Waals surface area contributed by atoms with Crippen LogP contribution in [0.5, 0.6) is 0 Å². The maximum absolute atomic E-state index is 12.3. The SMILES string of the molecule is CCC(CC)N1C(=O)CC(NCC(C)(C)CC)C1=O. The zero-order valence-electron chi connectivity index (χ0n) is 13.0. The summed E-state index contributed by atoms with van der Waals surface area (Å²) in [6.45, 7) is 11.3. The molecule has 1 saturated heterocycles. The van der Waals surface area contributed by atoms with E-state index in [0.29, 0.717) is 6.42 Å². The molecule has 1 rings (SSSR count). The molecule has 0 radical (unpaired) electrons. The molecule has 1 aliphatic heterocycles. The number of carbonyl (C=O) groups excluding carboxylic acids is 2. The number of nitrogens with one attached hydrogen (secondary N) is 1. The van der Waals surface area contributed by atoms with Crippen molar-refractivity contribution in [1.29, 1.82) is 0 Å². The van der Waals surface area contributed by atoms with Gasteiger partial charge >= 0.3 is 0 Å². The third-order valence-electron chi connectivity index (χ3n) is 4.27. The van der Waals surface area contributed by atoms with Crippen molar-refractivity contribution in [2.75, 3.05) is 6.54 Å². The zero-order valence-corrected chi connectivity index (χ0v) is 13.0. The molecule has 0 aromatic rings. The van der Waals surface area contributed by atoms with E-state index in [1.807, 2.05) is 13.8 Å². The lowest BCUT2D eigenvalue weighted by molar-refractivity contribution is -0.141. The van der Waals surface area contributed by atoms with E-state index >= 15 is 0 Å². The number of imide groups is 1. The van der Waals surface area contributed by atoms with Gasteiger partial charge in [0, 0.05) is 12.6 Å². The number of rotatable bonds is 7. The third kappa shape index (κ3) is 3.78. The Morgan fingerprint density at radius 2 is 1.84 bits per heavy atom. The summed E-state index contributed by atoms with van der Waals surface area (Å²) < 4.78 is 0. The fourth-order valence-electron chi connectivity index (χ4n) is 2.37. The molecule has 4 heteroatoms. The van der Waals surface area contributed by atoms with Crippen molar-refractivity contribution in [2.24, 2.45) is 5.41 Å². The molecule has 2 amide bonds. The summed E-state index contributed by atoms with van der Waals surface area (Å²) in [5, 5.41) is 3.27. The lowest BCUT2D eigenvalue weighted by Crippen LogP contribution is -2.45. The molecular weight excluding hydrogens is 240 g/mol. The van der Waals surface area contributed by atoms with Crippen molar-refractivity contribution >= 4 is 11.8 Å². The molecule has 0 spiro atoms. The van der Waals surface area contributed by atoms with Gasteiger partial charge in [-0.1, -0.05) is 34.6 Å². The van der Waals surface area contributed by atoms with Crippen LogP contribution in [0.25, 0.3) is 0 Å². The second-order valence-electron chi connectivity index (χ2n) is 6.23. The Hall–Kier alpha value is -0.900. The molecule has 4 nitrogen and oxygen atoms in total. The highest BCUT2D eigenvalue weighted by Gasteiger charge is 2.41. The summed E-state index contributed by atoms with van der Waals surface area (Å²) in [6.07, 6.45) is 3.03. The van der Waals surface area contributed by atoms with Gasteiger partial charge < -0.3 is 5.32 Å². The largest absolute Gasteiger partial charge is 0.305 e. The average molecular weight is 268 g/mol. The van der Waals surface area contributed by atoms with Crippen LogP contribution in [0.15, 0.2) is 0 Å². The van der Waals surface area contributed by atoms with Gasteiger partial charge in [0.2, 0.25) is 11.8 Å². The summed E-state index contributed by atoms with van der Waals surface area (Å²) in [6, 6.07) is -0.259. The monoisotopic (exact) mass is 268 g/mol. The highest BCUT2D eigenvalue weighted by atomic mass is 16.2. The predicted octanol–water partition coefficient (Wildman–Crippen LogP) is 2.33. The fourth-order valence-corrected chi connectivity index (χ4v) is 2.37. The van der Waals surface area contributed by atoms with Crippen LogP contribution < -0.4 is 5.32 Å². The minimum Gasteiger partial charge on any atom is -0.305 e. The van der Waals surface area contributed by atoms with Crippen molar-refractivity contribution in [2.45, 2.75) is 72.4 Å². The standard InChI is InChI=1S/C15H28N2O2/c1-6-11(7-2)17-13(18)9-12(14(17)19)16-10-15(4,5)8-3/h11-12,16H,6-10H2,1-5H3. The summed E-state index contributed by atoms with van der Waals surface area (Å²) >= 11 is 0. The number of amides is 2. The second kappa shape index (κ2) is 6.51. The Balaban J connectivity index is 2.65. The topological polar surface area (TPSA) is 49.4 Å². The minimum atomic E-state index is -0.320. The van der Waals surface area contributed by atoms with Crippen LogP contribution in [-0.2, 0) is 9.59 Å². The molecule has 0 aliphatic carbocycles. The van der Waals surface area contributed by atoms with Gasteiger partial charge in [0.25, 0.3) is 0 Å². The first-order valence-corrected chi connectivity index (χ1v) is 7.45. The summed E-state index contributed by atoms with van der Waals surface area (Å²) in [5.41, 5.74) is 0.158. The van der Waals surface area contributed by atoms with Crippen LogP contribution >= 0.6 is 0 Å². The normalized spacial score (nSPS) is 20.7. The molecule has 0 bridgehead atoms.